The van der Waals surface area contributed by atoms with Crippen LogP contribution in [0.1, 0.15) is 39.5 Å². The fourth-order valence-electron chi connectivity index (χ4n) is 4.15. The highest BCUT2D eigenvalue weighted by molar-refractivity contribution is 5.85. The van der Waals surface area contributed by atoms with Gasteiger partial charge in [-0.15, -0.1) is 24.8 Å². The lowest BCUT2D eigenvalue weighted by Crippen LogP contribution is -2.52. The average Bonchev–Trinajstić information content (AvgIpc) is 2.94. The molecule has 1 aliphatic heterocycles. The molecule has 132 valence electrons. The first kappa shape index (κ1) is 22.0. The molecule has 0 aromatic rings. The molecule has 0 aromatic carbocycles. The van der Waals surface area contributed by atoms with Crippen molar-refractivity contribution in [3.63, 3.8) is 0 Å². The van der Waals surface area contributed by atoms with Crippen molar-refractivity contribution < 1.29 is 4.79 Å². The minimum Gasteiger partial charge on any atom is -0.342 e. The lowest BCUT2D eigenvalue weighted by Gasteiger charge is -2.42. The van der Waals surface area contributed by atoms with Crippen LogP contribution in [-0.2, 0) is 4.79 Å². The number of carbonyl (C=O) groups is 1. The molecule has 6 heteroatoms. The van der Waals surface area contributed by atoms with Crippen molar-refractivity contribution in [2.75, 3.05) is 33.2 Å². The number of halogens is 2. The quantitative estimate of drug-likeness (QED) is 0.843. The summed E-state index contributed by atoms with van der Waals surface area (Å²) in [5.74, 6) is 1.51. The molecular formula is C16H33Cl2N3O. The summed E-state index contributed by atoms with van der Waals surface area (Å²) in [4.78, 5) is 17.3. The van der Waals surface area contributed by atoms with E-state index in [4.69, 9.17) is 5.73 Å². The lowest BCUT2D eigenvalue weighted by atomic mass is 9.89. The van der Waals surface area contributed by atoms with Crippen molar-refractivity contribution in [2.24, 2.45) is 23.5 Å². The van der Waals surface area contributed by atoms with E-state index in [1.54, 1.807) is 0 Å². The van der Waals surface area contributed by atoms with Gasteiger partial charge in [0, 0.05) is 32.1 Å². The first-order valence-corrected chi connectivity index (χ1v) is 8.27. The molecule has 1 heterocycles. The highest BCUT2D eigenvalue weighted by Gasteiger charge is 2.37. The van der Waals surface area contributed by atoms with Gasteiger partial charge in [-0.2, -0.15) is 0 Å². The molecule has 1 amide bonds. The summed E-state index contributed by atoms with van der Waals surface area (Å²) in [6.07, 6.45) is 4.44. The normalized spacial score (nSPS) is 32.0. The summed E-state index contributed by atoms with van der Waals surface area (Å²) < 4.78 is 0. The number of carbonyl (C=O) groups excluding carboxylic acids is 1. The molecule has 2 aliphatic rings. The number of hydrogen-bond acceptors (Lipinski definition) is 3. The van der Waals surface area contributed by atoms with Crippen molar-refractivity contribution in [3.8, 4) is 0 Å². The van der Waals surface area contributed by atoms with Crippen LogP contribution in [0.2, 0.25) is 0 Å². The smallest absolute Gasteiger partial charge is 0.226 e. The predicted molar refractivity (Wildman–Crippen MR) is 96.8 cm³/mol. The van der Waals surface area contributed by atoms with Gasteiger partial charge in [-0.05, 0) is 44.2 Å². The number of rotatable bonds is 4. The summed E-state index contributed by atoms with van der Waals surface area (Å²) >= 11 is 0. The summed E-state index contributed by atoms with van der Waals surface area (Å²) in [5, 5.41) is 0. The van der Waals surface area contributed by atoms with Gasteiger partial charge in [0.1, 0.15) is 0 Å². The molecule has 0 spiro atoms. The maximum Gasteiger partial charge on any atom is 0.226 e. The van der Waals surface area contributed by atoms with E-state index in [1.165, 1.54) is 0 Å². The summed E-state index contributed by atoms with van der Waals surface area (Å²) in [6, 6.07) is 0.407. The van der Waals surface area contributed by atoms with Gasteiger partial charge in [-0.3, -0.25) is 4.79 Å². The minimum atomic E-state index is 0. The second-order valence-electron chi connectivity index (χ2n) is 6.71. The second-order valence-corrected chi connectivity index (χ2v) is 6.71. The van der Waals surface area contributed by atoms with E-state index < -0.39 is 0 Å². The molecular weight excluding hydrogens is 321 g/mol. The third-order valence-corrected chi connectivity index (χ3v) is 5.52. The van der Waals surface area contributed by atoms with Crippen molar-refractivity contribution in [3.05, 3.63) is 0 Å². The molecule has 2 fully saturated rings. The molecule has 0 bridgehead atoms. The average molecular weight is 354 g/mol. The predicted octanol–water partition coefficient (Wildman–Crippen LogP) is 2.39. The molecule has 1 saturated heterocycles. The monoisotopic (exact) mass is 353 g/mol. The molecule has 4 nitrogen and oxygen atoms in total. The van der Waals surface area contributed by atoms with Crippen LogP contribution in [0.5, 0.6) is 0 Å². The maximum atomic E-state index is 12.8. The van der Waals surface area contributed by atoms with Crippen LogP contribution in [-0.4, -0.2) is 55.0 Å². The van der Waals surface area contributed by atoms with Crippen molar-refractivity contribution >= 4 is 30.7 Å². The topological polar surface area (TPSA) is 49.6 Å². The van der Waals surface area contributed by atoms with Gasteiger partial charge in [0.05, 0.1) is 0 Å². The summed E-state index contributed by atoms with van der Waals surface area (Å²) in [6.45, 7) is 8.51. The van der Waals surface area contributed by atoms with Gasteiger partial charge < -0.3 is 15.5 Å². The minimum absolute atomic E-state index is 0. The van der Waals surface area contributed by atoms with Gasteiger partial charge in [0.15, 0.2) is 0 Å². The summed E-state index contributed by atoms with van der Waals surface area (Å²) in [7, 11) is 2.01. The Kier molecular flexibility index (Phi) is 9.95. The van der Waals surface area contributed by atoms with Crippen molar-refractivity contribution in [1.82, 2.24) is 9.80 Å². The zero-order valence-corrected chi connectivity index (χ0v) is 15.8. The molecule has 0 aromatic heterocycles. The van der Waals surface area contributed by atoms with E-state index in [1.807, 2.05) is 7.05 Å². The van der Waals surface area contributed by atoms with Crippen LogP contribution in [0.15, 0.2) is 0 Å². The molecule has 2 N–H and O–H groups in total. The SMILES string of the molecule is CCN1CCC(N(C)C(=O)[C@@H]2CCC[C@@H]2CN)C(C)C1.Cl.Cl. The Morgan fingerprint density at radius 1 is 1.27 bits per heavy atom. The fraction of sp³-hybridized carbons (Fsp3) is 0.938. The number of nitrogens with zero attached hydrogens (tertiary/aromatic N) is 2. The van der Waals surface area contributed by atoms with Gasteiger partial charge in [0.25, 0.3) is 0 Å². The molecule has 1 saturated carbocycles. The number of likely N-dealkylation sites (tertiary alicyclic amines) is 1. The van der Waals surface area contributed by atoms with Crippen LogP contribution in [0.3, 0.4) is 0 Å². The third kappa shape index (κ3) is 4.73. The van der Waals surface area contributed by atoms with E-state index in [2.05, 4.69) is 23.6 Å². The van der Waals surface area contributed by atoms with E-state index in [9.17, 15) is 4.79 Å². The second kappa shape index (κ2) is 9.96. The highest BCUT2D eigenvalue weighted by atomic mass is 35.5. The van der Waals surface area contributed by atoms with Crippen LogP contribution < -0.4 is 5.73 Å². The molecule has 2 unspecified atom stereocenters. The Hall–Kier alpha value is -0.0300. The van der Waals surface area contributed by atoms with E-state index in [0.29, 0.717) is 30.3 Å². The zero-order chi connectivity index (χ0) is 14.7. The Bertz CT molecular complexity index is 343. The van der Waals surface area contributed by atoms with Crippen LogP contribution in [0.25, 0.3) is 0 Å². The Labute approximate surface area is 148 Å². The number of nitrogens with two attached hydrogens (primary N) is 1. The largest absolute Gasteiger partial charge is 0.342 e. The molecule has 2 rings (SSSR count). The van der Waals surface area contributed by atoms with E-state index in [-0.39, 0.29) is 30.7 Å². The lowest BCUT2D eigenvalue weighted by molar-refractivity contribution is -0.139. The van der Waals surface area contributed by atoms with Gasteiger partial charge in [-0.1, -0.05) is 20.3 Å². The van der Waals surface area contributed by atoms with Crippen LogP contribution in [0, 0.1) is 17.8 Å². The Morgan fingerprint density at radius 3 is 2.50 bits per heavy atom. The Morgan fingerprint density at radius 2 is 1.95 bits per heavy atom. The van der Waals surface area contributed by atoms with Crippen LogP contribution >= 0.6 is 24.8 Å². The van der Waals surface area contributed by atoms with E-state index in [0.717, 1.165) is 45.3 Å². The number of amides is 1. The maximum absolute atomic E-state index is 12.8. The molecule has 1 aliphatic carbocycles. The van der Waals surface area contributed by atoms with Gasteiger partial charge in [-0.25, -0.2) is 0 Å². The zero-order valence-electron chi connectivity index (χ0n) is 14.2. The molecule has 4 atom stereocenters. The first-order chi connectivity index (χ1) is 9.58. The molecule has 22 heavy (non-hydrogen) atoms. The molecule has 0 radical (unpaired) electrons. The number of piperidine rings is 1. The third-order valence-electron chi connectivity index (χ3n) is 5.52. The van der Waals surface area contributed by atoms with Gasteiger partial charge in [0.2, 0.25) is 5.91 Å². The van der Waals surface area contributed by atoms with Crippen molar-refractivity contribution in [1.29, 1.82) is 0 Å². The van der Waals surface area contributed by atoms with E-state index >= 15 is 0 Å². The van der Waals surface area contributed by atoms with Gasteiger partial charge >= 0.3 is 0 Å². The summed E-state index contributed by atoms with van der Waals surface area (Å²) in [5.41, 5.74) is 5.83. The van der Waals surface area contributed by atoms with Crippen LogP contribution in [0.4, 0.5) is 0 Å². The highest BCUT2D eigenvalue weighted by Crippen LogP contribution is 2.33. The standard InChI is InChI=1S/C16H31N3O.2ClH/c1-4-19-9-8-15(12(2)11-19)18(3)16(20)14-7-5-6-13(14)10-17;;/h12-15H,4-11,17H2,1-3H3;2*1H/t12?,13-,14-,15?;;/m1../s1. The number of hydrogen-bond donors (Lipinski definition) is 1. The Balaban J connectivity index is 0.00000220. The van der Waals surface area contributed by atoms with Crippen molar-refractivity contribution in [2.45, 2.75) is 45.6 Å². The first-order valence-electron chi connectivity index (χ1n) is 8.27. The fourth-order valence-corrected chi connectivity index (χ4v) is 4.15.